The molecule has 0 aliphatic rings. The molecule has 0 aliphatic heterocycles. The zero-order chi connectivity index (χ0) is 36.0. The maximum atomic E-state index is 6.92. The van der Waals surface area contributed by atoms with Crippen molar-refractivity contribution in [3.8, 4) is 34.0 Å². The van der Waals surface area contributed by atoms with Gasteiger partial charge in [-0.05, 0) is 54.6 Å². The predicted octanol–water partition coefficient (Wildman–Crippen LogP) is 13.1. The number of fused-ring (bicyclic) bond motifs is 10. The topological polar surface area (TPSA) is 48.8 Å². The van der Waals surface area contributed by atoms with Crippen molar-refractivity contribution in [2.45, 2.75) is 0 Å². The van der Waals surface area contributed by atoms with Gasteiger partial charge in [-0.25, -0.2) is 9.97 Å². The van der Waals surface area contributed by atoms with E-state index in [4.69, 9.17) is 14.4 Å². The number of aromatic nitrogens is 4. The second-order valence-corrected chi connectivity index (χ2v) is 14.1. The normalized spacial score (nSPS) is 12.0. The zero-order valence-electron chi connectivity index (χ0n) is 29.5. The molecule has 55 heavy (non-hydrogen) atoms. The molecule has 0 bridgehead atoms. The van der Waals surface area contributed by atoms with Crippen molar-refractivity contribution >= 4 is 76.5 Å². The quantitative estimate of drug-likeness (QED) is 0.183. The molecule has 0 aliphatic carbocycles. The lowest BCUT2D eigenvalue weighted by molar-refractivity contribution is 0.666. The number of benzene rings is 8. The first-order valence-corrected chi connectivity index (χ1v) is 18.6. The van der Waals surface area contributed by atoms with Crippen molar-refractivity contribution in [2.24, 2.45) is 0 Å². The van der Waals surface area contributed by atoms with E-state index < -0.39 is 0 Å². The highest BCUT2D eigenvalue weighted by Gasteiger charge is 2.23. The van der Waals surface area contributed by atoms with Gasteiger partial charge < -0.3 is 13.6 Å². The minimum atomic E-state index is 0.671. The van der Waals surface area contributed by atoms with Crippen molar-refractivity contribution in [1.29, 1.82) is 0 Å². The summed E-state index contributed by atoms with van der Waals surface area (Å²) in [6, 6.07) is 64.1. The van der Waals surface area contributed by atoms with E-state index in [-0.39, 0.29) is 0 Å². The van der Waals surface area contributed by atoms with Crippen molar-refractivity contribution in [3.05, 3.63) is 182 Å². The third kappa shape index (κ3) is 4.35. The van der Waals surface area contributed by atoms with Crippen LogP contribution in [0.1, 0.15) is 0 Å². The van der Waals surface area contributed by atoms with Crippen LogP contribution in [-0.4, -0.2) is 19.1 Å². The van der Waals surface area contributed by atoms with Crippen LogP contribution in [0.15, 0.2) is 186 Å². The molecule has 0 amide bonds. The molecule has 0 unspecified atom stereocenters. The summed E-state index contributed by atoms with van der Waals surface area (Å²) in [4.78, 5) is 10.4. The SMILES string of the molecule is c1ccc(-c2nc(-c3cccc4oc5c(-n6c7ccccc7c7cc8c9ccccc9n(-c9ccccc9)c8cc76)cccc5c34)nc3ccccc23)cc1. The third-order valence-corrected chi connectivity index (χ3v) is 11.1. The van der Waals surface area contributed by atoms with Gasteiger partial charge in [0.1, 0.15) is 5.58 Å². The Morgan fingerprint density at radius 3 is 1.82 bits per heavy atom. The summed E-state index contributed by atoms with van der Waals surface area (Å²) in [6.07, 6.45) is 0. The van der Waals surface area contributed by atoms with E-state index in [2.05, 4.69) is 167 Å². The van der Waals surface area contributed by atoms with Gasteiger partial charge in [0.05, 0.1) is 39.0 Å². The van der Waals surface area contributed by atoms with E-state index in [0.717, 1.165) is 77.6 Å². The van der Waals surface area contributed by atoms with E-state index in [0.29, 0.717) is 5.82 Å². The molecule has 0 spiro atoms. The average Bonchev–Trinajstić information content (AvgIpc) is 3.90. The number of nitrogens with zero attached hydrogens (tertiary/aromatic N) is 4. The minimum Gasteiger partial charge on any atom is -0.454 e. The highest BCUT2D eigenvalue weighted by Crippen LogP contribution is 2.43. The summed E-state index contributed by atoms with van der Waals surface area (Å²) in [5.74, 6) is 0.671. The highest BCUT2D eigenvalue weighted by atomic mass is 16.3. The second-order valence-electron chi connectivity index (χ2n) is 14.1. The Morgan fingerprint density at radius 2 is 1.04 bits per heavy atom. The molecule has 5 nitrogen and oxygen atoms in total. The molecule has 0 saturated carbocycles. The molecule has 0 N–H and O–H groups in total. The fourth-order valence-corrected chi connectivity index (χ4v) is 8.75. The highest BCUT2D eigenvalue weighted by molar-refractivity contribution is 6.20. The molecule has 5 heteroatoms. The first-order chi connectivity index (χ1) is 27.3. The van der Waals surface area contributed by atoms with Gasteiger partial charge in [0, 0.05) is 54.5 Å². The molecule has 0 saturated heterocycles. The van der Waals surface area contributed by atoms with Crippen molar-refractivity contribution in [3.63, 3.8) is 0 Å². The van der Waals surface area contributed by atoms with Gasteiger partial charge in [-0.1, -0.05) is 127 Å². The van der Waals surface area contributed by atoms with Gasteiger partial charge in [0.2, 0.25) is 0 Å². The smallest absolute Gasteiger partial charge is 0.161 e. The van der Waals surface area contributed by atoms with Crippen LogP contribution in [0, 0.1) is 0 Å². The van der Waals surface area contributed by atoms with Gasteiger partial charge in [-0.2, -0.15) is 0 Å². The van der Waals surface area contributed by atoms with Crippen molar-refractivity contribution in [1.82, 2.24) is 19.1 Å². The number of para-hydroxylation sites is 5. The lowest BCUT2D eigenvalue weighted by atomic mass is 10.0. The Kier molecular flexibility index (Phi) is 6.27. The maximum Gasteiger partial charge on any atom is 0.161 e. The van der Waals surface area contributed by atoms with Crippen LogP contribution < -0.4 is 0 Å². The van der Waals surface area contributed by atoms with Crippen LogP contribution in [0.25, 0.3) is 110 Å². The van der Waals surface area contributed by atoms with Crippen LogP contribution in [0.5, 0.6) is 0 Å². The van der Waals surface area contributed by atoms with Crippen LogP contribution in [0.3, 0.4) is 0 Å². The summed E-state index contributed by atoms with van der Waals surface area (Å²) in [6.45, 7) is 0. The summed E-state index contributed by atoms with van der Waals surface area (Å²) >= 11 is 0. The zero-order valence-corrected chi connectivity index (χ0v) is 29.5. The molecule has 4 heterocycles. The second kappa shape index (κ2) is 11.5. The van der Waals surface area contributed by atoms with Crippen LogP contribution in [0.2, 0.25) is 0 Å². The fraction of sp³-hybridized carbons (Fsp3) is 0. The number of furan rings is 1. The molecule has 0 fully saturated rings. The number of hydrogen-bond donors (Lipinski definition) is 0. The summed E-state index contributed by atoms with van der Waals surface area (Å²) in [5, 5.41) is 7.90. The number of rotatable bonds is 4. The molecule has 256 valence electrons. The van der Waals surface area contributed by atoms with Crippen LogP contribution >= 0.6 is 0 Å². The van der Waals surface area contributed by atoms with Crippen molar-refractivity contribution < 1.29 is 4.42 Å². The molecule has 8 aromatic carbocycles. The van der Waals surface area contributed by atoms with Crippen LogP contribution in [0.4, 0.5) is 0 Å². The standard InChI is InChI=1S/C50H30N4O/c1-3-15-31(16-4-1)48-35-21-7-10-24-40(35)51-50(52-48)37-23-14-28-46-47(37)36-22-13-27-43(49(36)55-46)54-42-26-12-9-20-34(42)39-29-38-33-19-8-11-25-41(33)53(44(38)30-45(39)54)32-17-5-2-6-18-32/h1-30H. The Morgan fingerprint density at radius 1 is 0.418 bits per heavy atom. The molecule has 12 rings (SSSR count). The fourth-order valence-electron chi connectivity index (χ4n) is 8.75. The molecular formula is C50H30N4O. The minimum absolute atomic E-state index is 0.671. The monoisotopic (exact) mass is 702 g/mol. The lowest BCUT2D eigenvalue weighted by Crippen LogP contribution is -1.96. The maximum absolute atomic E-state index is 6.92. The summed E-state index contributed by atoms with van der Waals surface area (Å²) in [7, 11) is 0. The van der Waals surface area contributed by atoms with E-state index in [1.807, 2.05) is 24.3 Å². The average molecular weight is 703 g/mol. The van der Waals surface area contributed by atoms with Gasteiger partial charge in [0.15, 0.2) is 11.4 Å². The lowest BCUT2D eigenvalue weighted by Gasteiger charge is -2.11. The van der Waals surface area contributed by atoms with Gasteiger partial charge >= 0.3 is 0 Å². The van der Waals surface area contributed by atoms with E-state index in [1.165, 1.54) is 27.1 Å². The van der Waals surface area contributed by atoms with E-state index in [1.54, 1.807) is 0 Å². The first-order valence-electron chi connectivity index (χ1n) is 18.6. The Hall–Kier alpha value is -7.50. The molecular weight excluding hydrogens is 673 g/mol. The Balaban J connectivity index is 1.15. The largest absolute Gasteiger partial charge is 0.454 e. The Labute approximate surface area is 315 Å². The summed E-state index contributed by atoms with van der Waals surface area (Å²) < 4.78 is 11.7. The van der Waals surface area contributed by atoms with Gasteiger partial charge in [-0.3, -0.25) is 0 Å². The molecule has 0 atom stereocenters. The third-order valence-electron chi connectivity index (χ3n) is 11.1. The molecule has 12 aromatic rings. The first kappa shape index (κ1) is 30.0. The molecule has 0 radical (unpaired) electrons. The van der Waals surface area contributed by atoms with Crippen LogP contribution in [-0.2, 0) is 0 Å². The van der Waals surface area contributed by atoms with Gasteiger partial charge in [-0.15, -0.1) is 0 Å². The van der Waals surface area contributed by atoms with E-state index >= 15 is 0 Å². The van der Waals surface area contributed by atoms with Crippen molar-refractivity contribution in [2.75, 3.05) is 0 Å². The summed E-state index contributed by atoms with van der Waals surface area (Å²) in [5.41, 5.74) is 12.1. The van der Waals surface area contributed by atoms with E-state index in [9.17, 15) is 0 Å². The Bertz CT molecular complexity index is 3480. The number of hydrogen-bond acceptors (Lipinski definition) is 3. The predicted molar refractivity (Wildman–Crippen MR) is 226 cm³/mol. The van der Waals surface area contributed by atoms with Gasteiger partial charge in [0.25, 0.3) is 0 Å². The molecule has 4 aromatic heterocycles.